The van der Waals surface area contributed by atoms with Crippen LogP contribution in [0.3, 0.4) is 0 Å². The van der Waals surface area contributed by atoms with E-state index in [9.17, 15) is 14.4 Å². The summed E-state index contributed by atoms with van der Waals surface area (Å²) in [7, 11) is 3.16. The molecule has 8 nitrogen and oxygen atoms in total. The Morgan fingerprint density at radius 2 is 1.83 bits per heavy atom. The van der Waals surface area contributed by atoms with Gasteiger partial charge in [0.15, 0.2) is 11.5 Å². The summed E-state index contributed by atoms with van der Waals surface area (Å²) in [6, 6.07) is 10.9. The number of rotatable bonds is 6. The van der Waals surface area contributed by atoms with Crippen LogP contribution >= 0.6 is 0 Å². The van der Waals surface area contributed by atoms with Crippen molar-refractivity contribution in [2.45, 2.75) is 31.3 Å². The van der Waals surface area contributed by atoms with Crippen LogP contribution < -0.4 is 25.0 Å². The van der Waals surface area contributed by atoms with Crippen LogP contribution in [0.25, 0.3) is 0 Å². The number of carbonyl (C=O) groups is 3. The normalized spacial score (nSPS) is 20.0. The first-order valence-corrected chi connectivity index (χ1v) is 9.75. The number of carbonyl (C=O) groups excluding carboxylic acids is 3. The van der Waals surface area contributed by atoms with E-state index < -0.39 is 18.0 Å². The lowest BCUT2D eigenvalue weighted by Gasteiger charge is -2.17. The Bertz CT molecular complexity index is 992. The van der Waals surface area contributed by atoms with Gasteiger partial charge in [-0.25, -0.2) is 9.69 Å². The Balaban J connectivity index is 1.43. The molecule has 2 aromatic rings. The molecule has 0 spiro atoms. The Morgan fingerprint density at radius 1 is 1.13 bits per heavy atom. The molecule has 1 heterocycles. The van der Waals surface area contributed by atoms with E-state index in [1.54, 1.807) is 44.6 Å². The van der Waals surface area contributed by atoms with Gasteiger partial charge in [0, 0.05) is 0 Å². The van der Waals surface area contributed by atoms with Crippen molar-refractivity contribution in [3.63, 3.8) is 0 Å². The number of hydrogen-bond donors (Lipinski definition) is 2. The van der Waals surface area contributed by atoms with Crippen LogP contribution in [0.4, 0.5) is 10.5 Å². The molecule has 1 fully saturated rings. The lowest BCUT2D eigenvalue weighted by molar-refractivity contribution is -0.126. The fourth-order valence-corrected chi connectivity index (χ4v) is 4.01. The van der Waals surface area contributed by atoms with Crippen LogP contribution in [0.1, 0.15) is 30.0 Å². The van der Waals surface area contributed by atoms with Crippen LogP contribution in [-0.4, -0.2) is 38.1 Å². The van der Waals surface area contributed by atoms with Gasteiger partial charge in [-0.3, -0.25) is 9.59 Å². The van der Waals surface area contributed by atoms with Crippen LogP contribution in [0.2, 0.25) is 0 Å². The number of aryl methyl sites for hydroxylation is 1. The average molecular weight is 409 g/mol. The molecule has 1 aliphatic heterocycles. The van der Waals surface area contributed by atoms with E-state index in [-0.39, 0.29) is 18.4 Å². The minimum absolute atomic E-state index is 0.118. The number of nitrogens with zero attached hydrogens (tertiary/aromatic N) is 1. The molecule has 4 rings (SSSR count). The molecule has 2 atom stereocenters. The molecule has 8 heteroatoms. The predicted octanol–water partition coefficient (Wildman–Crippen LogP) is 2.32. The maximum atomic E-state index is 12.7. The molecule has 0 saturated carbocycles. The summed E-state index contributed by atoms with van der Waals surface area (Å²) in [5.41, 5.74) is 2.56. The minimum atomic E-state index is -0.885. The van der Waals surface area contributed by atoms with Gasteiger partial charge in [-0.15, -0.1) is 0 Å². The van der Waals surface area contributed by atoms with E-state index >= 15 is 0 Å². The summed E-state index contributed by atoms with van der Waals surface area (Å²) < 4.78 is 10.7. The maximum Gasteiger partial charge on any atom is 0.329 e. The van der Waals surface area contributed by atoms with Crippen molar-refractivity contribution in [1.29, 1.82) is 0 Å². The highest BCUT2D eigenvalue weighted by atomic mass is 16.5. The Kier molecular flexibility index (Phi) is 5.31. The molecule has 2 aliphatic rings. The Labute approximate surface area is 174 Å². The van der Waals surface area contributed by atoms with Crippen molar-refractivity contribution in [3.8, 4) is 11.5 Å². The minimum Gasteiger partial charge on any atom is -0.493 e. The van der Waals surface area contributed by atoms with Gasteiger partial charge in [-0.05, 0) is 48.2 Å². The SMILES string of the molecule is COc1cc2c(cc1OC)[C@H](NC(=O)C[C@@H]1NC(=O)N(c3ccccc3)C1=O)CC2. The van der Waals surface area contributed by atoms with E-state index in [0.717, 1.165) is 28.9 Å². The summed E-state index contributed by atoms with van der Waals surface area (Å²) in [5, 5.41) is 5.58. The molecule has 1 saturated heterocycles. The van der Waals surface area contributed by atoms with Crippen LogP contribution in [0.15, 0.2) is 42.5 Å². The third kappa shape index (κ3) is 3.56. The quantitative estimate of drug-likeness (QED) is 0.714. The number of fused-ring (bicyclic) bond motifs is 1. The van der Waals surface area contributed by atoms with Crippen LogP contribution in [0.5, 0.6) is 11.5 Å². The molecule has 0 radical (unpaired) electrons. The highest BCUT2D eigenvalue weighted by molar-refractivity contribution is 6.22. The van der Waals surface area contributed by atoms with E-state index in [0.29, 0.717) is 17.2 Å². The van der Waals surface area contributed by atoms with Gasteiger partial charge < -0.3 is 20.1 Å². The van der Waals surface area contributed by atoms with Crippen molar-refractivity contribution in [2.75, 3.05) is 19.1 Å². The highest BCUT2D eigenvalue weighted by Crippen LogP contribution is 2.39. The fraction of sp³-hybridized carbons (Fsp3) is 0.318. The maximum absolute atomic E-state index is 12.7. The van der Waals surface area contributed by atoms with Crippen LogP contribution in [0, 0.1) is 0 Å². The van der Waals surface area contributed by atoms with Crippen molar-refractivity contribution in [1.82, 2.24) is 10.6 Å². The molecule has 4 amide bonds. The van der Waals surface area contributed by atoms with E-state index in [1.807, 2.05) is 12.1 Å². The number of imide groups is 1. The first-order chi connectivity index (χ1) is 14.5. The number of methoxy groups -OCH3 is 2. The van der Waals surface area contributed by atoms with Crippen molar-refractivity contribution < 1.29 is 23.9 Å². The number of urea groups is 1. The summed E-state index contributed by atoms with van der Waals surface area (Å²) >= 11 is 0. The smallest absolute Gasteiger partial charge is 0.329 e. The second-order valence-electron chi connectivity index (χ2n) is 7.28. The number of anilines is 1. The van der Waals surface area contributed by atoms with Crippen molar-refractivity contribution >= 4 is 23.5 Å². The lowest BCUT2D eigenvalue weighted by Crippen LogP contribution is -2.37. The number of hydrogen-bond acceptors (Lipinski definition) is 5. The molecule has 2 N–H and O–H groups in total. The zero-order chi connectivity index (χ0) is 21.3. The number of para-hydroxylation sites is 1. The van der Waals surface area contributed by atoms with Gasteiger partial charge in [0.2, 0.25) is 5.91 Å². The van der Waals surface area contributed by atoms with Gasteiger partial charge in [0.05, 0.1) is 32.4 Å². The fourth-order valence-electron chi connectivity index (χ4n) is 4.01. The number of amides is 4. The van der Waals surface area contributed by atoms with Gasteiger partial charge >= 0.3 is 6.03 Å². The third-order valence-corrected chi connectivity index (χ3v) is 5.48. The number of benzene rings is 2. The Hall–Kier alpha value is -3.55. The Morgan fingerprint density at radius 3 is 2.53 bits per heavy atom. The number of ether oxygens (including phenoxy) is 2. The molecule has 30 heavy (non-hydrogen) atoms. The molecule has 1 aliphatic carbocycles. The van der Waals surface area contributed by atoms with Gasteiger partial charge in [0.25, 0.3) is 5.91 Å². The summed E-state index contributed by atoms with van der Waals surface area (Å²) in [6.07, 6.45) is 1.44. The van der Waals surface area contributed by atoms with E-state index in [4.69, 9.17) is 9.47 Å². The van der Waals surface area contributed by atoms with E-state index in [2.05, 4.69) is 10.6 Å². The molecule has 0 aromatic heterocycles. The highest BCUT2D eigenvalue weighted by Gasteiger charge is 2.40. The summed E-state index contributed by atoms with van der Waals surface area (Å²) in [5.74, 6) is 0.536. The number of nitrogens with one attached hydrogen (secondary N) is 2. The summed E-state index contributed by atoms with van der Waals surface area (Å²) in [6.45, 7) is 0. The van der Waals surface area contributed by atoms with Gasteiger partial charge in [-0.2, -0.15) is 0 Å². The molecular formula is C22H23N3O5. The molecule has 0 bridgehead atoms. The largest absolute Gasteiger partial charge is 0.493 e. The first kappa shape index (κ1) is 19.8. The van der Waals surface area contributed by atoms with E-state index in [1.165, 1.54) is 0 Å². The lowest BCUT2D eigenvalue weighted by atomic mass is 10.1. The summed E-state index contributed by atoms with van der Waals surface area (Å²) in [4.78, 5) is 38.6. The second-order valence-corrected chi connectivity index (χ2v) is 7.28. The predicted molar refractivity (Wildman–Crippen MR) is 110 cm³/mol. The standard InChI is InChI=1S/C22H23N3O5/c1-29-18-10-13-8-9-16(15(13)11-19(18)30-2)23-20(26)12-17-21(27)25(22(28)24-17)14-6-4-3-5-7-14/h3-7,10-11,16-17H,8-9,12H2,1-2H3,(H,23,26)(H,24,28)/t16-,17+/m1/s1. The van der Waals surface area contributed by atoms with Crippen LogP contribution in [-0.2, 0) is 16.0 Å². The zero-order valence-electron chi connectivity index (χ0n) is 16.8. The monoisotopic (exact) mass is 409 g/mol. The molecule has 156 valence electrons. The third-order valence-electron chi connectivity index (χ3n) is 5.48. The molecule has 2 aromatic carbocycles. The van der Waals surface area contributed by atoms with Gasteiger partial charge in [0.1, 0.15) is 6.04 Å². The average Bonchev–Trinajstić information content (AvgIpc) is 3.26. The first-order valence-electron chi connectivity index (χ1n) is 9.75. The molecular weight excluding hydrogens is 386 g/mol. The topological polar surface area (TPSA) is 97.0 Å². The second kappa shape index (κ2) is 8.06. The van der Waals surface area contributed by atoms with Crippen molar-refractivity contribution in [2.24, 2.45) is 0 Å². The zero-order valence-corrected chi connectivity index (χ0v) is 16.8. The molecule has 0 unspecified atom stereocenters. The van der Waals surface area contributed by atoms with Crippen molar-refractivity contribution in [3.05, 3.63) is 53.6 Å². The van der Waals surface area contributed by atoms with Gasteiger partial charge in [-0.1, -0.05) is 18.2 Å².